The third kappa shape index (κ3) is 3.85. The molecule has 1 aromatic rings. The number of fused-ring (bicyclic) bond motifs is 1. The predicted molar refractivity (Wildman–Crippen MR) is 75.6 cm³/mol. The van der Waals surface area contributed by atoms with Gasteiger partial charge in [0, 0.05) is 11.1 Å². The van der Waals surface area contributed by atoms with E-state index in [1.807, 2.05) is 24.3 Å². The lowest BCUT2D eigenvalue weighted by Crippen LogP contribution is -2.08. The Morgan fingerprint density at radius 1 is 1.32 bits per heavy atom. The van der Waals surface area contributed by atoms with Gasteiger partial charge in [0.05, 0.1) is 6.61 Å². The van der Waals surface area contributed by atoms with Crippen molar-refractivity contribution in [3.05, 3.63) is 29.3 Å². The molecule has 0 spiro atoms. The van der Waals surface area contributed by atoms with Crippen molar-refractivity contribution in [2.75, 3.05) is 13.2 Å². The van der Waals surface area contributed by atoms with Crippen LogP contribution in [-0.4, -0.2) is 19.5 Å². The standard InChI is InChI=1S/C16H20O3/c1-2-3-4-5-8-18-15-6-7-16-14(10-15)9-13(11-17)12-19-16/h6-7,9-11H,2-5,8,12H2,1H3. The fraction of sp³-hybridized carbons (Fsp3) is 0.438. The molecule has 102 valence electrons. The first-order chi connectivity index (χ1) is 9.33. The van der Waals surface area contributed by atoms with Gasteiger partial charge in [-0.25, -0.2) is 0 Å². The summed E-state index contributed by atoms with van der Waals surface area (Å²) in [6, 6.07) is 5.74. The number of hydrogen-bond acceptors (Lipinski definition) is 3. The minimum Gasteiger partial charge on any atom is -0.494 e. The van der Waals surface area contributed by atoms with Gasteiger partial charge >= 0.3 is 0 Å². The topological polar surface area (TPSA) is 35.5 Å². The summed E-state index contributed by atoms with van der Waals surface area (Å²) in [6.07, 6.45) is 7.47. The van der Waals surface area contributed by atoms with E-state index in [1.165, 1.54) is 19.3 Å². The second-order valence-electron chi connectivity index (χ2n) is 4.73. The van der Waals surface area contributed by atoms with Gasteiger partial charge in [0.2, 0.25) is 0 Å². The number of unbranched alkanes of at least 4 members (excludes halogenated alkanes) is 3. The summed E-state index contributed by atoms with van der Waals surface area (Å²) in [5.74, 6) is 1.64. The van der Waals surface area contributed by atoms with Crippen molar-refractivity contribution in [3.8, 4) is 11.5 Å². The zero-order chi connectivity index (χ0) is 13.5. The summed E-state index contributed by atoms with van der Waals surface area (Å²) in [6.45, 7) is 3.29. The van der Waals surface area contributed by atoms with Gasteiger partial charge in [0.15, 0.2) is 0 Å². The van der Waals surface area contributed by atoms with E-state index < -0.39 is 0 Å². The van der Waals surface area contributed by atoms with Crippen LogP contribution in [0.1, 0.15) is 38.2 Å². The van der Waals surface area contributed by atoms with Crippen LogP contribution in [0.3, 0.4) is 0 Å². The summed E-state index contributed by atoms with van der Waals surface area (Å²) < 4.78 is 11.2. The van der Waals surface area contributed by atoms with Crippen molar-refractivity contribution in [1.82, 2.24) is 0 Å². The Morgan fingerprint density at radius 3 is 3.00 bits per heavy atom. The maximum atomic E-state index is 10.7. The molecule has 0 atom stereocenters. The van der Waals surface area contributed by atoms with Crippen molar-refractivity contribution in [3.63, 3.8) is 0 Å². The normalized spacial score (nSPS) is 13.2. The number of ether oxygens (including phenoxy) is 2. The fourth-order valence-corrected chi connectivity index (χ4v) is 2.05. The Hall–Kier alpha value is -1.77. The van der Waals surface area contributed by atoms with Crippen molar-refractivity contribution in [2.45, 2.75) is 32.6 Å². The molecule has 19 heavy (non-hydrogen) atoms. The van der Waals surface area contributed by atoms with E-state index in [0.29, 0.717) is 12.2 Å². The van der Waals surface area contributed by atoms with Gasteiger partial charge in [0.25, 0.3) is 0 Å². The first-order valence-corrected chi connectivity index (χ1v) is 6.89. The van der Waals surface area contributed by atoms with Crippen molar-refractivity contribution in [2.24, 2.45) is 0 Å². The van der Waals surface area contributed by atoms with Crippen LogP contribution in [0.25, 0.3) is 6.08 Å². The van der Waals surface area contributed by atoms with Gasteiger partial charge in [-0.2, -0.15) is 0 Å². The number of benzene rings is 1. The quantitative estimate of drug-likeness (QED) is 0.555. The maximum Gasteiger partial charge on any atom is 0.149 e. The van der Waals surface area contributed by atoms with Gasteiger partial charge in [-0.05, 0) is 30.7 Å². The highest BCUT2D eigenvalue weighted by molar-refractivity contribution is 5.84. The van der Waals surface area contributed by atoms with Crippen molar-refractivity contribution >= 4 is 12.4 Å². The molecule has 1 heterocycles. The molecule has 0 saturated heterocycles. The zero-order valence-electron chi connectivity index (χ0n) is 11.4. The molecule has 0 radical (unpaired) electrons. The molecule has 2 rings (SSSR count). The molecule has 1 aliphatic heterocycles. The van der Waals surface area contributed by atoms with E-state index in [9.17, 15) is 4.79 Å². The van der Waals surface area contributed by atoms with Crippen LogP contribution in [0.15, 0.2) is 23.8 Å². The van der Waals surface area contributed by atoms with Crippen LogP contribution >= 0.6 is 0 Å². The lowest BCUT2D eigenvalue weighted by atomic mass is 10.1. The summed E-state index contributed by atoms with van der Waals surface area (Å²) in [5, 5.41) is 0. The molecule has 0 unspecified atom stereocenters. The Balaban J connectivity index is 1.93. The molecular weight excluding hydrogens is 240 g/mol. The highest BCUT2D eigenvalue weighted by atomic mass is 16.5. The molecule has 0 N–H and O–H groups in total. The highest BCUT2D eigenvalue weighted by Gasteiger charge is 2.11. The number of rotatable bonds is 7. The molecular formula is C16H20O3. The summed E-state index contributed by atoms with van der Waals surface area (Å²) in [4.78, 5) is 10.7. The summed E-state index contributed by atoms with van der Waals surface area (Å²) >= 11 is 0. The van der Waals surface area contributed by atoms with Crippen LogP contribution in [0.4, 0.5) is 0 Å². The van der Waals surface area contributed by atoms with E-state index in [0.717, 1.165) is 36.4 Å². The number of carbonyl (C=O) groups is 1. The molecule has 1 aliphatic rings. The van der Waals surface area contributed by atoms with Crippen LogP contribution < -0.4 is 9.47 Å². The highest BCUT2D eigenvalue weighted by Crippen LogP contribution is 2.29. The maximum absolute atomic E-state index is 10.7. The van der Waals surface area contributed by atoms with Gasteiger partial charge < -0.3 is 9.47 Å². The number of hydrogen-bond donors (Lipinski definition) is 0. The first-order valence-electron chi connectivity index (χ1n) is 6.89. The molecule has 0 aliphatic carbocycles. The van der Waals surface area contributed by atoms with Crippen LogP contribution in [0.2, 0.25) is 0 Å². The largest absolute Gasteiger partial charge is 0.494 e. The molecule has 3 nitrogen and oxygen atoms in total. The monoisotopic (exact) mass is 260 g/mol. The Bertz CT molecular complexity index is 463. The minimum absolute atomic E-state index is 0.355. The lowest BCUT2D eigenvalue weighted by molar-refractivity contribution is -0.105. The van der Waals surface area contributed by atoms with E-state index in [1.54, 1.807) is 0 Å². The summed E-state index contributed by atoms with van der Waals surface area (Å²) in [5.41, 5.74) is 1.58. The third-order valence-corrected chi connectivity index (χ3v) is 3.13. The Kier molecular flexibility index (Phi) is 5.01. The average Bonchev–Trinajstić information content (AvgIpc) is 2.46. The average molecular weight is 260 g/mol. The van der Waals surface area contributed by atoms with Crippen LogP contribution in [0.5, 0.6) is 11.5 Å². The van der Waals surface area contributed by atoms with E-state index >= 15 is 0 Å². The molecule has 0 saturated carbocycles. The van der Waals surface area contributed by atoms with Crippen LogP contribution in [0, 0.1) is 0 Å². The van der Waals surface area contributed by atoms with Gasteiger partial charge in [-0.1, -0.05) is 26.2 Å². The molecule has 0 fully saturated rings. The molecule has 0 amide bonds. The molecule has 1 aromatic carbocycles. The van der Waals surface area contributed by atoms with Crippen LogP contribution in [-0.2, 0) is 4.79 Å². The zero-order valence-corrected chi connectivity index (χ0v) is 11.4. The second kappa shape index (κ2) is 6.98. The summed E-state index contributed by atoms with van der Waals surface area (Å²) in [7, 11) is 0. The Labute approximate surface area is 114 Å². The predicted octanol–water partition coefficient (Wildman–Crippen LogP) is 3.62. The first kappa shape index (κ1) is 13.7. The fourth-order valence-electron chi connectivity index (χ4n) is 2.05. The van der Waals surface area contributed by atoms with E-state index in [2.05, 4.69) is 6.92 Å². The van der Waals surface area contributed by atoms with Crippen molar-refractivity contribution < 1.29 is 14.3 Å². The molecule has 3 heteroatoms. The van der Waals surface area contributed by atoms with Gasteiger partial charge in [0.1, 0.15) is 24.4 Å². The van der Waals surface area contributed by atoms with Gasteiger partial charge in [-0.3, -0.25) is 4.79 Å². The lowest BCUT2D eigenvalue weighted by Gasteiger charge is -2.16. The van der Waals surface area contributed by atoms with Gasteiger partial charge in [-0.15, -0.1) is 0 Å². The Morgan fingerprint density at radius 2 is 2.21 bits per heavy atom. The van der Waals surface area contributed by atoms with Crippen molar-refractivity contribution in [1.29, 1.82) is 0 Å². The second-order valence-corrected chi connectivity index (χ2v) is 4.73. The smallest absolute Gasteiger partial charge is 0.149 e. The molecule has 0 aromatic heterocycles. The SMILES string of the molecule is CCCCCCOc1ccc2c(c1)C=C(C=O)CO2. The van der Waals surface area contributed by atoms with E-state index in [-0.39, 0.29) is 0 Å². The molecule has 0 bridgehead atoms. The number of aldehydes is 1. The number of carbonyl (C=O) groups excluding carboxylic acids is 1. The third-order valence-electron chi connectivity index (χ3n) is 3.13. The minimum atomic E-state index is 0.355. The van der Waals surface area contributed by atoms with E-state index in [4.69, 9.17) is 9.47 Å².